The van der Waals surface area contributed by atoms with Crippen molar-refractivity contribution in [1.29, 1.82) is 0 Å². The van der Waals surface area contributed by atoms with Gasteiger partial charge < -0.3 is 5.32 Å². The van der Waals surface area contributed by atoms with Crippen LogP contribution in [0.1, 0.15) is 52.9 Å². The first-order chi connectivity index (χ1) is 7.76. The maximum atomic E-state index is 3.50. The quantitative estimate of drug-likeness (QED) is 0.718. The molecule has 2 atom stereocenters. The Kier molecular flexibility index (Phi) is 6.37. The average molecular weight is 226 g/mol. The highest BCUT2D eigenvalue weighted by molar-refractivity contribution is 4.89. The molecule has 0 aromatic carbocycles. The van der Waals surface area contributed by atoms with Crippen LogP contribution in [0.4, 0.5) is 0 Å². The predicted octanol–water partition coefficient (Wildman–Crippen LogP) is 2.89. The fraction of sp³-hybridized carbons (Fsp3) is 1.00. The summed E-state index contributed by atoms with van der Waals surface area (Å²) in [5.41, 5.74) is 0. The van der Waals surface area contributed by atoms with Crippen molar-refractivity contribution >= 4 is 0 Å². The van der Waals surface area contributed by atoms with Crippen molar-refractivity contribution in [3.05, 3.63) is 0 Å². The predicted molar refractivity (Wildman–Crippen MR) is 71.8 cm³/mol. The molecule has 0 saturated heterocycles. The lowest BCUT2D eigenvalue weighted by Crippen LogP contribution is -2.47. The van der Waals surface area contributed by atoms with E-state index in [9.17, 15) is 0 Å². The Hall–Kier alpha value is -0.0800. The summed E-state index contributed by atoms with van der Waals surface area (Å²) in [4.78, 5) is 2.71. The number of nitrogens with zero attached hydrogens (tertiary/aromatic N) is 1. The van der Waals surface area contributed by atoms with Gasteiger partial charge in [0.1, 0.15) is 0 Å². The molecule has 96 valence electrons. The third kappa shape index (κ3) is 3.46. The Morgan fingerprint density at radius 3 is 2.38 bits per heavy atom. The van der Waals surface area contributed by atoms with Crippen LogP contribution in [0, 0.1) is 5.92 Å². The Labute approximate surface area is 102 Å². The second kappa shape index (κ2) is 7.29. The van der Waals surface area contributed by atoms with Crippen LogP contribution in [-0.4, -0.2) is 37.1 Å². The zero-order valence-electron chi connectivity index (χ0n) is 11.6. The molecule has 1 rings (SSSR count). The van der Waals surface area contributed by atoms with Crippen molar-refractivity contribution in [3.63, 3.8) is 0 Å². The van der Waals surface area contributed by atoms with E-state index in [1.807, 2.05) is 0 Å². The third-order valence-electron chi connectivity index (χ3n) is 4.37. The van der Waals surface area contributed by atoms with Gasteiger partial charge in [0.2, 0.25) is 0 Å². The first-order valence-electron chi connectivity index (χ1n) is 7.18. The van der Waals surface area contributed by atoms with Crippen molar-refractivity contribution in [3.8, 4) is 0 Å². The second-order valence-electron chi connectivity index (χ2n) is 5.16. The molecule has 2 heteroatoms. The molecule has 0 amide bonds. The van der Waals surface area contributed by atoms with Crippen molar-refractivity contribution in [2.45, 2.75) is 65.0 Å². The molecule has 2 nitrogen and oxygen atoms in total. The summed E-state index contributed by atoms with van der Waals surface area (Å²) in [6.45, 7) is 9.47. The van der Waals surface area contributed by atoms with E-state index in [2.05, 4.69) is 38.0 Å². The molecule has 0 radical (unpaired) electrons. The van der Waals surface area contributed by atoms with E-state index in [1.54, 1.807) is 0 Å². The molecule has 0 spiro atoms. The summed E-state index contributed by atoms with van der Waals surface area (Å²) < 4.78 is 0. The molecular formula is C14H30N2. The largest absolute Gasteiger partial charge is 0.315 e. The van der Waals surface area contributed by atoms with Gasteiger partial charge in [0, 0.05) is 18.6 Å². The minimum absolute atomic E-state index is 0.731. The first-order valence-corrected chi connectivity index (χ1v) is 7.18. The fourth-order valence-electron chi connectivity index (χ4n) is 3.09. The molecule has 1 N–H and O–H groups in total. The fourth-order valence-corrected chi connectivity index (χ4v) is 3.09. The molecular weight excluding hydrogens is 196 g/mol. The van der Waals surface area contributed by atoms with Crippen molar-refractivity contribution < 1.29 is 0 Å². The van der Waals surface area contributed by atoms with Crippen LogP contribution in [0.3, 0.4) is 0 Å². The topological polar surface area (TPSA) is 15.3 Å². The third-order valence-corrected chi connectivity index (χ3v) is 4.37. The Bertz CT molecular complexity index is 178. The minimum Gasteiger partial charge on any atom is -0.315 e. The van der Waals surface area contributed by atoms with Gasteiger partial charge in [-0.2, -0.15) is 0 Å². The lowest BCUT2D eigenvalue weighted by molar-refractivity contribution is 0.153. The van der Waals surface area contributed by atoms with Gasteiger partial charge in [0.25, 0.3) is 0 Å². The van der Waals surface area contributed by atoms with E-state index in [0.717, 1.165) is 18.0 Å². The molecule has 0 aromatic heterocycles. The van der Waals surface area contributed by atoms with Gasteiger partial charge in [-0.25, -0.2) is 0 Å². The van der Waals surface area contributed by atoms with Crippen LogP contribution in [0.15, 0.2) is 0 Å². The lowest BCUT2D eigenvalue weighted by atomic mass is 10.0. The van der Waals surface area contributed by atoms with Crippen LogP contribution in [0.25, 0.3) is 0 Å². The summed E-state index contributed by atoms with van der Waals surface area (Å²) in [5.74, 6) is 0.887. The molecule has 1 aliphatic carbocycles. The van der Waals surface area contributed by atoms with Crippen molar-refractivity contribution in [2.75, 3.05) is 20.1 Å². The summed E-state index contributed by atoms with van der Waals surface area (Å²) in [6, 6.07) is 1.52. The van der Waals surface area contributed by atoms with Gasteiger partial charge in [-0.3, -0.25) is 4.90 Å². The van der Waals surface area contributed by atoms with E-state index < -0.39 is 0 Å². The summed E-state index contributed by atoms with van der Waals surface area (Å²) in [6.07, 6.45) is 6.80. The molecule has 1 fully saturated rings. The first kappa shape index (κ1) is 14.0. The van der Waals surface area contributed by atoms with Gasteiger partial charge in [0.05, 0.1) is 0 Å². The van der Waals surface area contributed by atoms with Gasteiger partial charge in [0.15, 0.2) is 0 Å². The Balaban J connectivity index is 2.52. The monoisotopic (exact) mass is 226 g/mol. The number of hydrogen-bond donors (Lipinski definition) is 1. The minimum atomic E-state index is 0.731. The highest BCUT2D eigenvalue weighted by Crippen LogP contribution is 2.25. The normalized spacial score (nSPS) is 25.9. The van der Waals surface area contributed by atoms with E-state index in [-0.39, 0.29) is 0 Å². The maximum Gasteiger partial charge on any atom is 0.0249 e. The van der Waals surface area contributed by atoms with Crippen LogP contribution >= 0.6 is 0 Å². The summed E-state index contributed by atoms with van der Waals surface area (Å²) >= 11 is 0. The molecule has 0 aromatic rings. The number of hydrogen-bond acceptors (Lipinski definition) is 2. The molecule has 1 aliphatic rings. The van der Waals surface area contributed by atoms with Gasteiger partial charge in [-0.1, -0.05) is 40.0 Å². The van der Waals surface area contributed by atoms with Gasteiger partial charge in [-0.05, 0) is 32.4 Å². The molecule has 2 unspecified atom stereocenters. The second-order valence-corrected chi connectivity index (χ2v) is 5.16. The molecule has 1 saturated carbocycles. The van der Waals surface area contributed by atoms with Crippen molar-refractivity contribution in [2.24, 2.45) is 5.92 Å². The van der Waals surface area contributed by atoms with E-state index >= 15 is 0 Å². The maximum absolute atomic E-state index is 3.50. The number of nitrogens with one attached hydrogen (secondary N) is 1. The highest BCUT2D eigenvalue weighted by Gasteiger charge is 2.30. The average Bonchev–Trinajstić information content (AvgIpc) is 2.79. The molecule has 0 bridgehead atoms. The van der Waals surface area contributed by atoms with E-state index in [4.69, 9.17) is 0 Å². The number of rotatable bonds is 7. The number of likely N-dealkylation sites (N-methyl/N-ethyl adjacent to an activating group) is 2. The van der Waals surface area contributed by atoms with Crippen LogP contribution in [0.2, 0.25) is 0 Å². The van der Waals surface area contributed by atoms with Gasteiger partial charge >= 0.3 is 0 Å². The zero-order chi connectivity index (χ0) is 12.0. The molecule has 16 heavy (non-hydrogen) atoms. The standard InChI is InChI=1S/C14H30N2/c1-5-12(6-2)11-16(7-3)14-10-8-9-13(14)15-4/h12-15H,5-11H2,1-4H3. The van der Waals surface area contributed by atoms with Crippen LogP contribution < -0.4 is 5.32 Å². The zero-order valence-corrected chi connectivity index (χ0v) is 11.6. The lowest BCUT2D eigenvalue weighted by Gasteiger charge is -2.34. The summed E-state index contributed by atoms with van der Waals surface area (Å²) in [7, 11) is 2.12. The van der Waals surface area contributed by atoms with Crippen LogP contribution in [-0.2, 0) is 0 Å². The molecule has 0 aliphatic heterocycles. The van der Waals surface area contributed by atoms with Crippen LogP contribution in [0.5, 0.6) is 0 Å². The Morgan fingerprint density at radius 2 is 1.88 bits per heavy atom. The summed E-state index contributed by atoms with van der Waals surface area (Å²) in [5, 5.41) is 3.50. The molecule has 0 heterocycles. The van der Waals surface area contributed by atoms with Crippen molar-refractivity contribution in [1.82, 2.24) is 10.2 Å². The Morgan fingerprint density at radius 1 is 1.19 bits per heavy atom. The van der Waals surface area contributed by atoms with E-state index in [0.29, 0.717) is 0 Å². The van der Waals surface area contributed by atoms with E-state index in [1.165, 1.54) is 45.2 Å². The smallest absolute Gasteiger partial charge is 0.0249 e. The van der Waals surface area contributed by atoms with Gasteiger partial charge in [-0.15, -0.1) is 0 Å². The highest BCUT2D eigenvalue weighted by atomic mass is 15.2. The SMILES string of the molecule is CCC(CC)CN(CC)C1CCCC1NC.